The van der Waals surface area contributed by atoms with Crippen molar-refractivity contribution in [3.63, 3.8) is 0 Å². The molecule has 0 fully saturated rings. The lowest BCUT2D eigenvalue weighted by Crippen LogP contribution is -2.25. The van der Waals surface area contributed by atoms with Crippen molar-refractivity contribution in [3.8, 4) is 0 Å². The van der Waals surface area contributed by atoms with E-state index in [1.807, 2.05) is 6.07 Å². The number of nitrogens with zero attached hydrogens (tertiary/aromatic N) is 3. The summed E-state index contributed by atoms with van der Waals surface area (Å²) in [5, 5.41) is 3.33. The van der Waals surface area contributed by atoms with E-state index >= 15 is 0 Å². The number of anilines is 3. The molecule has 2 heterocycles. The highest BCUT2D eigenvalue weighted by atomic mass is 15.2. The SMILES string of the molecule is CC(C)Nc1cc(N2c3ccccc3CC2C)ncn1. The summed E-state index contributed by atoms with van der Waals surface area (Å²) in [7, 11) is 0. The Balaban J connectivity index is 1.97. The van der Waals surface area contributed by atoms with Gasteiger partial charge in [0.05, 0.1) is 0 Å². The second-order valence-electron chi connectivity index (χ2n) is 5.61. The van der Waals surface area contributed by atoms with Gasteiger partial charge in [-0.25, -0.2) is 9.97 Å². The molecular weight excluding hydrogens is 248 g/mol. The Hall–Kier alpha value is -2.10. The molecule has 1 N–H and O–H groups in total. The molecular formula is C16H20N4. The van der Waals surface area contributed by atoms with Crippen molar-refractivity contribution in [2.45, 2.75) is 39.3 Å². The molecule has 0 saturated carbocycles. The Morgan fingerprint density at radius 2 is 2.05 bits per heavy atom. The van der Waals surface area contributed by atoms with Gasteiger partial charge in [0.2, 0.25) is 0 Å². The Morgan fingerprint density at radius 1 is 1.25 bits per heavy atom. The molecule has 1 atom stereocenters. The van der Waals surface area contributed by atoms with E-state index in [-0.39, 0.29) is 0 Å². The smallest absolute Gasteiger partial charge is 0.138 e. The number of fused-ring (bicyclic) bond motifs is 1. The van der Waals surface area contributed by atoms with Gasteiger partial charge in [-0.2, -0.15) is 0 Å². The van der Waals surface area contributed by atoms with Crippen LogP contribution >= 0.6 is 0 Å². The minimum absolute atomic E-state index is 0.362. The van der Waals surface area contributed by atoms with Crippen LogP contribution in [0.5, 0.6) is 0 Å². The molecule has 0 radical (unpaired) electrons. The van der Waals surface area contributed by atoms with Crippen molar-refractivity contribution in [3.05, 3.63) is 42.2 Å². The zero-order valence-electron chi connectivity index (χ0n) is 12.2. The second kappa shape index (κ2) is 5.12. The normalized spacial score (nSPS) is 17.4. The first-order valence-corrected chi connectivity index (χ1v) is 7.11. The fourth-order valence-corrected chi connectivity index (χ4v) is 2.77. The third-order valence-electron chi connectivity index (χ3n) is 3.54. The Labute approximate surface area is 119 Å². The Bertz CT molecular complexity index is 609. The number of hydrogen-bond donors (Lipinski definition) is 1. The number of nitrogens with one attached hydrogen (secondary N) is 1. The predicted octanol–water partition coefficient (Wildman–Crippen LogP) is 3.38. The monoisotopic (exact) mass is 268 g/mol. The first-order valence-electron chi connectivity index (χ1n) is 7.11. The highest BCUT2D eigenvalue weighted by molar-refractivity contribution is 5.69. The van der Waals surface area contributed by atoms with Gasteiger partial charge in [-0.3, -0.25) is 0 Å². The summed E-state index contributed by atoms with van der Waals surface area (Å²) >= 11 is 0. The van der Waals surface area contributed by atoms with Crippen molar-refractivity contribution in [2.24, 2.45) is 0 Å². The minimum atomic E-state index is 0.362. The average molecular weight is 268 g/mol. The molecule has 1 aliphatic rings. The van der Waals surface area contributed by atoms with E-state index in [0.29, 0.717) is 12.1 Å². The van der Waals surface area contributed by atoms with Crippen molar-refractivity contribution in [1.29, 1.82) is 0 Å². The van der Waals surface area contributed by atoms with Gasteiger partial charge in [-0.1, -0.05) is 18.2 Å². The number of aromatic nitrogens is 2. The molecule has 1 aromatic carbocycles. The van der Waals surface area contributed by atoms with Crippen LogP contribution in [0.25, 0.3) is 0 Å². The van der Waals surface area contributed by atoms with Crippen molar-refractivity contribution >= 4 is 17.3 Å². The summed E-state index contributed by atoms with van der Waals surface area (Å²) in [5.41, 5.74) is 2.64. The molecule has 2 aromatic rings. The Morgan fingerprint density at radius 3 is 2.85 bits per heavy atom. The molecule has 0 saturated heterocycles. The maximum atomic E-state index is 4.45. The van der Waals surface area contributed by atoms with E-state index in [0.717, 1.165) is 18.1 Å². The zero-order chi connectivity index (χ0) is 14.1. The van der Waals surface area contributed by atoms with Crippen molar-refractivity contribution in [1.82, 2.24) is 9.97 Å². The number of para-hydroxylation sites is 1. The molecule has 3 rings (SSSR count). The fourth-order valence-electron chi connectivity index (χ4n) is 2.77. The molecule has 0 spiro atoms. The van der Waals surface area contributed by atoms with Crippen molar-refractivity contribution < 1.29 is 0 Å². The lowest BCUT2D eigenvalue weighted by Gasteiger charge is -2.24. The molecule has 0 amide bonds. The van der Waals surface area contributed by atoms with Gasteiger partial charge >= 0.3 is 0 Å². The molecule has 0 bridgehead atoms. The number of rotatable bonds is 3. The quantitative estimate of drug-likeness (QED) is 0.926. The highest BCUT2D eigenvalue weighted by Crippen LogP contribution is 2.37. The summed E-state index contributed by atoms with van der Waals surface area (Å²) in [5.74, 6) is 1.84. The predicted molar refractivity (Wildman–Crippen MR) is 82.5 cm³/mol. The van der Waals surface area contributed by atoms with E-state index < -0.39 is 0 Å². The largest absolute Gasteiger partial charge is 0.368 e. The lowest BCUT2D eigenvalue weighted by molar-refractivity contribution is 0.748. The summed E-state index contributed by atoms with van der Waals surface area (Å²) < 4.78 is 0. The topological polar surface area (TPSA) is 41.0 Å². The van der Waals surface area contributed by atoms with E-state index in [9.17, 15) is 0 Å². The minimum Gasteiger partial charge on any atom is -0.368 e. The molecule has 1 aliphatic heterocycles. The summed E-state index contributed by atoms with van der Waals surface area (Å²) in [6.45, 7) is 6.45. The average Bonchev–Trinajstić information content (AvgIpc) is 2.74. The van der Waals surface area contributed by atoms with Gasteiger partial charge in [0.25, 0.3) is 0 Å². The van der Waals surface area contributed by atoms with Crippen LogP contribution in [0.2, 0.25) is 0 Å². The third kappa shape index (κ3) is 2.33. The van der Waals surface area contributed by atoms with Crippen LogP contribution in [-0.4, -0.2) is 22.1 Å². The van der Waals surface area contributed by atoms with E-state index in [4.69, 9.17) is 0 Å². The van der Waals surface area contributed by atoms with Gasteiger partial charge in [0.1, 0.15) is 18.0 Å². The molecule has 1 unspecified atom stereocenters. The van der Waals surface area contributed by atoms with Gasteiger partial charge in [0, 0.05) is 23.8 Å². The van der Waals surface area contributed by atoms with Crippen LogP contribution in [-0.2, 0) is 6.42 Å². The molecule has 1 aromatic heterocycles. The zero-order valence-corrected chi connectivity index (χ0v) is 12.2. The van der Waals surface area contributed by atoms with E-state index in [2.05, 4.69) is 65.2 Å². The summed E-state index contributed by atoms with van der Waals surface area (Å²) in [4.78, 5) is 11.0. The van der Waals surface area contributed by atoms with E-state index in [1.54, 1.807) is 6.33 Å². The first kappa shape index (κ1) is 12.9. The highest BCUT2D eigenvalue weighted by Gasteiger charge is 2.27. The van der Waals surface area contributed by atoms with E-state index in [1.165, 1.54) is 11.3 Å². The second-order valence-corrected chi connectivity index (χ2v) is 5.61. The van der Waals surface area contributed by atoms with Crippen LogP contribution in [0.1, 0.15) is 26.3 Å². The van der Waals surface area contributed by atoms with Gasteiger partial charge in [-0.15, -0.1) is 0 Å². The lowest BCUT2D eigenvalue weighted by atomic mass is 10.1. The van der Waals surface area contributed by atoms with Crippen LogP contribution in [0.3, 0.4) is 0 Å². The van der Waals surface area contributed by atoms with Gasteiger partial charge in [0.15, 0.2) is 0 Å². The maximum absolute atomic E-state index is 4.45. The first-order chi connectivity index (χ1) is 9.65. The fraction of sp³-hybridized carbons (Fsp3) is 0.375. The van der Waals surface area contributed by atoms with Crippen LogP contribution in [0, 0.1) is 0 Å². The number of benzene rings is 1. The van der Waals surface area contributed by atoms with Crippen LogP contribution < -0.4 is 10.2 Å². The standard InChI is InChI=1S/C16H20N4/c1-11(2)19-15-9-16(18-10-17-15)20-12(3)8-13-6-4-5-7-14(13)20/h4-7,9-12H,8H2,1-3H3,(H,17,18,19). The van der Waals surface area contributed by atoms with Crippen LogP contribution in [0.4, 0.5) is 17.3 Å². The van der Waals surface area contributed by atoms with Crippen LogP contribution in [0.15, 0.2) is 36.7 Å². The molecule has 20 heavy (non-hydrogen) atoms. The van der Waals surface area contributed by atoms with Gasteiger partial charge < -0.3 is 10.2 Å². The summed E-state index contributed by atoms with van der Waals surface area (Å²) in [6.07, 6.45) is 2.70. The number of hydrogen-bond acceptors (Lipinski definition) is 4. The Kier molecular flexibility index (Phi) is 3.30. The molecule has 104 valence electrons. The molecule has 0 aliphatic carbocycles. The van der Waals surface area contributed by atoms with Crippen molar-refractivity contribution in [2.75, 3.05) is 10.2 Å². The summed E-state index contributed by atoms with van der Waals surface area (Å²) in [6, 6.07) is 11.4. The van der Waals surface area contributed by atoms with Gasteiger partial charge in [-0.05, 0) is 38.8 Å². The maximum Gasteiger partial charge on any atom is 0.138 e. The molecule has 4 heteroatoms. The molecule has 4 nitrogen and oxygen atoms in total. The third-order valence-corrected chi connectivity index (χ3v) is 3.54.